The van der Waals surface area contributed by atoms with Gasteiger partial charge in [0.15, 0.2) is 0 Å². The standard InChI is InChI=1S/C48H91O9P/c1-3-5-7-9-11-13-15-17-19-21-22-23-24-25-26-28-30-32-34-36-38-40-48(51)57-47(45-56-58(52,53)55-43-46(50)42-49)44-54-41-39-37-35-33-31-29-27-20-18-16-14-12-10-8-6-4-2/h6,8,12,14,18,20,46-47,49-50H,3-5,7,9-11,13,15-17,19,21-45H2,1-2H3,(H,52,53)/b8-6-,14-12-,20-18-. The van der Waals surface area contributed by atoms with Gasteiger partial charge < -0.3 is 24.6 Å². The number of rotatable bonds is 46. The number of aliphatic hydroxyl groups excluding tert-OH is 2. The zero-order chi connectivity index (χ0) is 42.5. The molecule has 0 aromatic heterocycles. The molecule has 0 amide bonds. The number of ether oxygens (including phenoxy) is 2. The van der Waals surface area contributed by atoms with Gasteiger partial charge in [0, 0.05) is 13.0 Å². The second kappa shape index (κ2) is 45.2. The molecule has 0 fully saturated rings. The van der Waals surface area contributed by atoms with E-state index in [4.69, 9.17) is 23.6 Å². The number of hydrogen-bond acceptors (Lipinski definition) is 8. The number of unbranched alkanes of at least 4 members (excludes halogenated alkanes) is 26. The van der Waals surface area contributed by atoms with E-state index in [1.165, 1.54) is 135 Å². The highest BCUT2D eigenvalue weighted by atomic mass is 31.2. The molecule has 0 heterocycles. The van der Waals surface area contributed by atoms with E-state index >= 15 is 0 Å². The van der Waals surface area contributed by atoms with E-state index < -0.39 is 33.2 Å². The number of allylic oxidation sites excluding steroid dienone is 6. The Morgan fingerprint density at radius 2 is 0.983 bits per heavy atom. The van der Waals surface area contributed by atoms with Gasteiger partial charge in [0.05, 0.1) is 26.4 Å². The van der Waals surface area contributed by atoms with E-state index in [1.54, 1.807) is 0 Å². The summed E-state index contributed by atoms with van der Waals surface area (Å²) in [4.78, 5) is 22.6. The van der Waals surface area contributed by atoms with Gasteiger partial charge in [0.2, 0.25) is 0 Å². The second-order valence-corrected chi connectivity index (χ2v) is 17.6. The third kappa shape index (κ3) is 44.2. The third-order valence-electron chi connectivity index (χ3n) is 10.3. The van der Waals surface area contributed by atoms with Crippen LogP contribution in [0.4, 0.5) is 0 Å². The first-order valence-corrected chi connectivity index (χ1v) is 25.5. The highest BCUT2D eigenvalue weighted by molar-refractivity contribution is 7.47. The van der Waals surface area contributed by atoms with Gasteiger partial charge in [-0.25, -0.2) is 4.57 Å². The lowest BCUT2D eigenvalue weighted by atomic mass is 10.0. The average Bonchev–Trinajstić information content (AvgIpc) is 3.21. The smallest absolute Gasteiger partial charge is 0.457 e. The Balaban J connectivity index is 4.08. The van der Waals surface area contributed by atoms with Gasteiger partial charge in [-0.3, -0.25) is 13.8 Å². The van der Waals surface area contributed by atoms with Gasteiger partial charge >= 0.3 is 13.8 Å². The molecule has 9 nitrogen and oxygen atoms in total. The minimum Gasteiger partial charge on any atom is -0.457 e. The summed E-state index contributed by atoms with van der Waals surface area (Å²) < 4.78 is 33.4. The molecule has 10 heteroatoms. The van der Waals surface area contributed by atoms with Crippen molar-refractivity contribution in [2.75, 3.05) is 33.0 Å². The Hall–Kier alpha value is -1.32. The molecule has 0 aliphatic heterocycles. The van der Waals surface area contributed by atoms with Crippen LogP contribution in [0.3, 0.4) is 0 Å². The molecular formula is C48H91O9P. The summed E-state index contributed by atoms with van der Waals surface area (Å²) in [5, 5.41) is 18.4. The van der Waals surface area contributed by atoms with Crippen LogP contribution in [0.1, 0.15) is 219 Å². The van der Waals surface area contributed by atoms with Gasteiger partial charge in [0.1, 0.15) is 12.2 Å². The zero-order valence-electron chi connectivity index (χ0n) is 37.5. The Labute approximate surface area is 356 Å². The number of aliphatic hydroxyl groups is 2. The molecular weight excluding hydrogens is 751 g/mol. The SMILES string of the molecule is CC/C=C\C/C=C\C/C=C\CCCCCCCCOCC(COP(=O)(O)OCC(O)CO)OC(=O)CCCCCCCCCCCCCCCCCCCCCCC. The van der Waals surface area contributed by atoms with Crippen LogP contribution >= 0.6 is 7.82 Å². The Bertz CT molecular complexity index is 1000. The van der Waals surface area contributed by atoms with Gasteiger partial charge in [-0.05, 0) is 44.9 Å². The van der Waals surface area contributed by atoms with E-state index in [9.17, 15) is 19.4 Å². The summed E-state index contributed by atoms with van der Waals surface area (Å²) in [6.07, 6.45) is 49.7. The van der Waals surface area contributed by atoms with E-state index in [2.05, 4.69) is 50.3 Å². The number of carbonyl (C=O) groups excluding carboxylic acids is 1. The van der Waals surface area contributed by atoms with Crippen LogP contribution in [0.5, 0.6) is 0 Å². The molecule has 3 atom stereocenters. The maximum absolute atomic E-state index is 12.7. The van der Waals surface area contributed by atoms with Crippen LogP contribution in [0.2, 0.25) is 0 Å². The van der Waals surface area contributed by atoms with Crippen LogP contribution in [0, 0.1) is 0 Å². The van der Waals surface area contributed by atoms with Crippen LogP contribution in [0.25, 0.3) is 0 Å². The predicted octanol–water partition coefficient (Wildman–Crippen LogP) is 13.6. The Morgan fingerprint density at radius 3 is 1.48 bits per heavy atom. The quantitative estimate of drug-likeness (QED) is 0.0237. The molecule has 0 aliphatic carbocycles. The second-order valence-electron chi connectivity index (χ2n) is 16.1. The summed E-state index contributed by atoms with van der Waals surface area (Å²) >= 11 is 0. The van der Waals surface area contributed by atoms with Crippen molar-refractivity contribution in [3.8, 4) is 0 Å². The minimum atomic E-state index is -4.52. The average molecular weight is 843 g/mol. The molecule has 0 rings (SSSR count). The van der Waals surface area contributed by atoms with Gasteiger partial charge in [-0.1, -0.05) is 204 Å². The molecule has 3 unspecified atom stereocenters. The first kappa shape index (κ1) is 56.7. The van der Waals surface area contributed by atoms with Crippen molar-refractivity contribution in [1.82, 2.24) is 0 Å². The summed E-state index contributed by atoms with van der Waals surface area (Å²) in [6, 6.07) is 0. The monoisotopic (exact) mass is 843 g/mol. The summed E-state index contributed by atoms with van der Waals surface area (Å²) in [7, 11) is -4.52. The predicted molar refractivity (Wildman–Crippen MR) is 242 cm³/mol. The Kier molecular flexibility index (Phi) is 44.2. The Morgan fingerprint density at radius 1 is 0.552 bits per heavy atom. The molecule has 58 heavy (non-hydrogen) atoms. The highest BCUT2D eigenvalue weighted by Crippen LogP contribution is 2.43. The van der Waals surface area contributed by atoms with Crippen molar-refractivity contribution < 1.29 is 43.0 Å². The highest BCUT2D eigenvalue weighted by Gasteiger charge is 2.26. The largest absolute Gasteiger partial charge is 0.472 e. The fourth-order valence-electron chi connectivity index (χ4n) is 6.72. The van der Waals surface area contributed by atoms with E-state index in [-0.39, 0.29) is 25.6 Å². The molecule has 0 aliphatic rings. The lowest BCUT2D eigenvalue weighted by Crippen LogP contribution is -2.29. The van der Waals surface area contributed by atoms with Crippen LogP contribution in [-0.2, 0) is 27.9 Å². The molecule has 0 saturated heterocycles. The maximum Gasteiger partial charge on any atom is 0.472 e. The van der Waals surface area contributed by atoms with Crippen LogP contribution in [0.15, 0.2) is 36.5 Å². The maximum atomic E-state index is 12.7. The van der Waals surface area contributed by atoms with E-state index in [0.717, 1.165) is 64.2 Å². The molecule has 0 aromatic carbocycles. The van der Waals surface area contributed by atoms with Gasteiger partial charge in [-0.15, -0.1) is 0 Å². The first-order chi connectivity index (χ1) is 28.3. The molecule has 342 valence electrons. The lowest BCUT2D eigenvalue weighted by Gasteiger charge is -2.20. The molecule has 0 spiro atoms. The van der Waals surface area contributed by atoms with Crippen molar-refractivity contribution in [2.24, 2.45) is 0 Å². The third-order valence-corrected chi connectivity index (χ3v) is 11.3. The van der Waals surface area contributed by atoms with E-state index in [1.807, 2.05) is 0 Å². The summed E-state index contributed by atoms with van der Waals surface area (Å²) in [5.41, 5.74) is 0. The number of carbonyl (C=O) groups is 1. The summed E-state index contributed by atoms with van der Waals surface area (Å²) in [6.45, 7) is 3.41. The summed E-state index contributed by atoms with van der Waals surface area (Å²) in [5.74, 6) is -0.384. The van der Waals surface area contributed by atoms with Crippen molar-refractivity contribution in [3.05, 3.63) is 36.5 Å². The van der Waals surface area contributed by atoms with Crippen molar-refractivity contribution in [1.29, 1.82) is 0 Å². The number of esters is 1. The number of hydrogen-bond donors (Lipinski definition) is 3. The minimum absolute atomic E-state index is 0.0429. The normalized spacial score (nSPS) is 14.2. The molecule has 0 aromatic rings. The molecule has 0 saturated carbocycles. The van der Waals surface area contributed by atoms with E-state index in [0.29, 0.717) is 6.61 Å². The van der Waals surface area contributed by atoms with Gasteiger partial charge in [0.25, 0.3) is 0 Å². The molecule has 0 radical (unpaired) electrons. The van der Waals surface area contributed by atoms with Gasteiger partial charge in [-0.2, -0.15) is 0 Å². The lowest BCUT2D eigenvalue weighted by molar-refractivity contribution is -0.154. The fraction of sp³-hybridized carbons (Fsp3) is 0.854. The first-order valence-electron chi connectivity index (χ1n) is 24.0. The fourth-order valence-corrected chi connectivity index (χ4v) is 7.51. The van der Waals surface area contributed by atoms with Crippen molar-refractivity contribution in [3.63, 3.8) is 0 Å². The molecule has 3 N–H and O–H groups in total. The topological polar surface area (TPSA) is 132 Å². The zero-order valence-corrected chi connectivity index (χ0v) is 38.4. The van der Waals surface area contributed by atoms with Crippen LogP contribution < -0.4 is 0 Å². The molecule has 0 bridgehead atoms. The van der Waals surface area contributed by atoms with Crippen molar-refractivity contribution in [2.45, 2.75) is 232 Å². The number of phosphoric ester groups is 1. The van der Waals surface area contributed by atoms with Crippen LogP contribution in [-0.4, -0.2) is 66.3 Å². The van der Waals surface area contributed by atoms with Crippen molar-refractivity contribution >= 4 is 13.8 Å². The number of phosphoric acid groups is 1.